The standard InChI is InChI=1S/C19H19NO3S/c1-14(21)18-16(10-7-13-23-17-11-5-6-12-22-17)24-19(20-18)15-8-3-2-4-9-15/h2-4,8-9,17H,5-6,11-13H2,1H3. The third-order valence-corrected chi connectivity index (χ3v) is 4.68. The summed E-state index contributed by atoms with van der Waals surface area (Å²) in [6, 6.07) is 9.81. The van der Waals surface area contributed by atoms with E-state index in [1.165, 1.54) is 18.3 Å². The molecule has 1 saturated heterocycles. The summed E-state index contributed by atoms with van der Waals surface area (Å²) in [5.74, 6) is 5.93. The molecule has 24 heavy (non-hydrogen) atoms. The Morgan fingerprint density at radius 1 is 1.38 bits per heavy atom. The molecule has 3 rings (SSSR count). The molecule has 124 valence electrons. The number of aromatic nitrogens is 1. The van der Waals surface area contributed by atoms with Crippen molar-refractivity contribution in [1.82, 2.24) is 4.98 Å². The monoisotopic (exact) mass is 341 g/mol. The van der Waals surface area contributed by atoms with Gasteiger partial charge in [0.1, 0.15) is 22.2 Å². The predicted octanol–water partition coefficient (Wildman–Crippen LogP) is 3.91. The first-order valence-corrected chi connectivity index (χ1v) is 8.85. The SMILES string of the molecule is CC(=O)c1nc(-c2ccccc2)sc1C#CCOC1CCCCO1. The van der Waals surface area contributed by atoms with Gasteiger partial charge in [0.2, 0.25) is 0 Å². The van der Waals surface area contributed by atoms with Crippen molar-refractivity contribution < 1.29 is 14.3 Å². The van der Waals surface area contributed by atoms with E-state index in [1.54, 1.807) is 0 Å². The zero-order valence-corrected chi connectivity index (χ0v) is 14.4. The number of ketones is 1. The van der Waals surface area contributed by atoms with Gasteiger partial charge in [-0.15, -0.1) is 11.3 Å². The van der Waals surface area contributed by atoms with Crippen molar-refractivity contribution in [3.63, 3.8) is 0 Å². The van der Waals surface area contributed by atoms with Crippen LogP contribution in [0, 0.1) is 11.8 Å². The third-order valence-electron chi connectivity index (χ3n) is 3.66. The minimum atomic E-state index is -0.151. The van der Waals surface area contributed by atoms with E-state index in [9.17, 15) is 4.79 Å². The Morgan fingerprint density at radius 3 is 2.92 bits per heavy atom. The number of thiazole rings is 1. The molecular formula is C19H19NO3S. The Labute approximate surface area is 145 Å². The topological polar surface area (TPSA) is 48.4 Å². The molecule has 0 N–H and O–H groups in total. The number of Topliss-reactive ketones (excluding diaryl/α,β-unsaturated/α-hetero) is 1. The number of hydrogen-bond acceptors (Lipinski definition) is 5. The van der Waals surface area contributed by atoms with E-state index in [4.69, 9.17) is 9.47 Å². The molecule has 0 radical (unpaired) electrons. The maximum absolute atomic E-state index is 11.8. The van der Waals surface area contributed by atoms with Crippen LogP contribution in [-0.2, 0) is 9.47 Å². The first-order chi connectivity index (χ1) is 11.7. The highest BCUT2D eigenvalue weighted by atomic mass is 32.1. The summed E-state index contributed by atoms with van der Waals surface area (Å²) in [5.41, 5.74) is 1.42. The van der Waals surface area contributed by atoms with Crippen molar-refractivity contribution >= 4 is 17.1 Å². The lowest BCUT2D eigenvalue weighted by molar-refractivity contribution is -0.154. The van der Waals surface area contributed by atoms with Gasteiger partial charge < -0.3 is 9.47 Å². The van der Waals surface area contributed by atoms with Crippen molar-refractivity contribution in [3.05, 3.63) is 40.9 Å². The average molecular weight is 341 g/mol. The number of ether oxygens (including phenoxy) is 2. The summed E-state index contributed by atoms with van der Waals surface area (Å²) in [5, 5.41) is 0.807. The van der Waals surface area contributed by atoms with Crippen molar-refractivity contribution in [1.29, 1.82) is 0 Å². The number of carbonyl (C=O) groups excluding carboxylic acids is 1. The molecule has 1 aromatic carbocycles. The Morgan fingerprint density at radius 2 is 2.21 bits per heavy atom. The molecule has 1 aliphatic heterocycles. The van der Waals surface area contributed by atoms with E-state index in [2.05, 4.69) is 16.8 Å². The average Bonchev–Trinajstić information content (AvgIpc) is 3.05. The highest BCUT2D eigenvalue weighted by molar-refractivity contribution is 7.15. The zero-order chi connectivity index (χ0) is 16.8. The van der Waals surface area contributed by atoms with Crippen LogP contribution in [-0.4, -0.2) is 30.3 Å². The first kappa shape index (κ1) is 16.8. The smallest absolute Gasteiger partial charge is 0.180 e. The van der Waals surface area contributed by atoms with E-state index in [0.717, 1.165) is 36.4 Å². The van der Waals surface area contributed by atoms with Crippen LogP contribution in [0.4, 0.5) is 0 Å². The molecule has 0 bridgehead atoms. The lowest BCUT2D eigenvalue weighted by atomic mass is 10.2. The number of rotatable bonds is 4. The molecule has 0 saturated carbocycles. The van der Waals surface area contributed by atoms with Gasteiger partial charge in [-0.2, -0.15) is 0 Å². The third kappa shape index (κ3) is 4.30. The summed E-state index contributed by atoms with van der Waals surface area (Å²) >= 11 is 1.43. The summed E-state index contributed by atoms with van der Waals surface area (Å²) < 4.78 is 11.1. The Bertz CT molecular complexity index is 752. The molecule has 2 aromatic rings. The Hall–Kier alpha value is -2.00. The number of carbonyl (C=O) groups is 1. The minimum absolute atomic E-state index is 0.0748. The fourth-order valence-electron chi connectivity index (χ4n) is 2.44. The molecule has 1 aliphatic rings. The normalized spacial score (nSPS) is 17.1. The second-order valence-corrected chi connectivity index (χ2v) is 6.53. The second-order valence-electron chi connectivity index (χ2n) is 5.53. The van der Waals surface area contributed by atoms with E-state index >= 15 is 0 Å². The number of hydrogen-bond donors (Lipinski definition) is 0. The molecule has 0 amide bonds. The van der Waals surface area contributed by atoms with Gasteiger partial charge in [0.05, 0.1) is 0 Å². The maximum atomic E-state index is 11.8. The molecule has 2 heterocycles. The fraction of sp³-hybridized carbons (Fsp3) is 0.368. The van der Waals surface area contributed by atoms with Crippen LogP contribution in [0.2, 0.25) is 0 Å². The van der Waals surface area contributed by atoms with Crippen molar-refractivity contribution in [2.75, 3.05) is 13.2 Å². The summed E-state index contributed by atoms with van der Waals surface area (Å²) in [6.45, 7) is 2.56. The van der Waals surface area contributed by atoms with Crippen LogP contribution in [0.25, 0.3) is 10.6 Å². The van der Waals surface area contributed by atoms with Crippen LogP contribution in [0.1, 0.15) is 41.6 Å². The quantitative estimate of drug-likeness (QED) is 0.625. The van der Waals surface area contributed by atoms with E-state index < -0.39 is 0 Å². The molecular weight excluding hydrogens is 322 g/mol. The predicted molar refractivity (Wildman–Crippen MR) is 94.0 cm³/mol. The lowest BCUT2D eigenvalue weighted by Gasteiger charge is -2.21. The van der Waals surface area contributed by atoms with E-state index in [-0.39, 0.29) is 12.1 Å². The molecule has 0 aliphatic carbocycles. The van der Waals surface area contributed by atoms with Gasteiger partial charge in [0, 0.05) is 19.1 Å². The summed E-state index contributed by atoms with van der Waals surface area (Å²) in [7, 11) is 0. The van der Waals surface area contributed by atoms with E-state index in [1.807, 2.05) is 30.3 Å². The first-order valence-electron chi connectivity index (χ1n) is 8.03. The number of benzene rings is 1. The van der Waals surface area contributed by atoms with Gasteiger partial charge in [0.25, 0.3) is 0 Å². The van der Waals surface area contributed by atoms with Crippen LogP contribution in [0.3, 0.4) is 0 Å². The highest BCUT2D eigenvalue weighted by Gasteiger charge is 2.15. The molecule has 1 fully saturated rings. The molecule has 5 heteroatoms. The van der Waals surface area contributed by atoms with Crippen molar-refractivity contribution in [3.8, 4) is 22.4 Å². The molecule has 4 nitrogen and oxygen atoms in total. The second kappa shape index (κ2) is 8.20. The zero-order valence-electron chi connectivity index (χ0n) is 13.6. The van der Waals surface area contributed by atoms with Gasteiger partial charge in [-0.05, 0) is 19.3 Å². The molecule has 1 aromatic heterocycles. The number of nitrogens with zero attached hydrogens (tertiary/aromatic N) is 1. The lowest BCUT2D eigenvalue weighted by Crippen LogP contribution is -2.22. The minimum Gasteiger partial charge on any atom is -0.353 e. The van der Waals surface area contributed by atoms with Gasteiger partial charge in [-0.1, -0.05) is 42.2 Å². The molecule has 1 atom stereocenters. The van der Waals surface area contributed by atoms with Gasteiger partial charge >= 0.3 is 0 Å². The van der Waals surface area contributed by atoms with Crippen LogP contribution < -0.4 is 0 Å². The summed E-state index contributed by atoms with van der Waals surface area (Å²) in [4.78, 5) is 17.0. The highest BCUT2D eigenvalue weighted by Crippen LogP contribution is 2.27. The largest absolute Gasteiger partial charge is 0.353 e. The maximum Gasteiger partial charge on any atom is 0.180 e. The van der Waals surface area contributed by atoms with Crippen LogP contribution >= 0.6 is 11.3 Å². The van der Waals surface area contributed by atoms with Crippen molar-refractivity contribution in [2.24, 2.45) is 0 Å². The van der Waals surface area contributed by atoms with E-state index in [0.29, 0.717) is 17.2 Å². The Kier molecular flexibility index (Phi) is 5.76. The van der Waals surface area contributed by atoms with Crippen LogP contribution in [0.5, 0.6) is 0 Å². The Balaban J connectivity index is 1.71. The fourth-order valence-corrected chi connectivity index (χ4v) is 3.43. The van der Waals surface area contributed by atoms with Gasteiger partial charge in [-0.25, -0.2) is 4.98 Å². The van der Waals surface area contributed by atoms with Crippen LogP contribution in [0.15, 0.2) is 30.3 Å². The van der Waals surface area contributed by atoms with Crippen molar-refractivity contribution in [2.45, 2.75) is 32.5 Å². The van der Waals surface area contributed by atoms with Gasteiger partial charge in [-0.3, -0.25) is 4.79 Å². The summed E-state index contributed by atoms with van der Waals surface area (Å²) in [6.07, 6.45) is 2.99. The van der Waals surface area contributed by atoms with Gasteiger partial charge in [0.15, 0.2) is 12.1 Å². The molecule has 0 spiro atoms. The molecule has 1 unspecified atom stereocenters.